The largest absolute Gasteiger partial charge is 0.379 e. The molecule has 4 heteroatoms. The van der Waals surface area contributed by atoms with E-state index in [0.717, 1.165) is 32.8 Å². The molecule has 4 nitrogen and oxygen atoms in total. The normalized spacial score (nSPS) is 20.2. The van der Waals surface area contributed by atoms with Gasteiger partial charge in [-0.1, -0.05) is 0 Å². The number of primary amides is 1. The number of hydrogen-bond acceptors (Lipinski definition) is 3. The van der Waals surface area contributed by atoms with E-state index in [0.29, 0.717) is 0 Å². The van der Waals surface area contributed by atoms with Crippen molar-refractivity contribution in [3.8, 4) is 0 Å². The Morgan fingerprint density at radius 3 is 2.46 bits per heavy atom. The van der Waals surface area contributed by atoms with Crippen molar-refractivity contribution in [1.29, 1.82) is 0 Å². The highest BCUT2D eigenvalue weighted by atomic mass is 16.5. The second-order valence-electron chi connectivity index (χ2n) is 4.14. The Bertz CT molecular complexity index is 186. The fourth-order valence-electron chi connectivity index (χ4n) is 1.40. The zero-order chi connectivity index (χ0) is 9.90. The molecular weight excluding hydrogens is 168 g/mol. The monoisotopic (exact) mass is 186 g/mol. The van der Waals surface area contributed by atoms with Crippen LogP contribution in [0.5, 0.6) is 0 Å². The van der Waals surface area contributed by atoms with Crippen molar-refractivity contribution < 1.29 is 9.53 Å². The highest BCUT2D eigenvalue weighted by molar-refractivity contribution is 5.80. The van der Waals surface area contributed by atoms with Crippen LogP contribution < -0.4 is 5.73 Å². The van der Waals surface area contributed by atoms with Gasteiger partial charge in [0.2, 0.25) is 5.91 Å². The first-order valence-electron chi connectivity index (χ1n) is 4.62. The molecule has 0 spiro atoms. The van der Waals surface area contributed by atoms with Gasteiger partial charge in [0, 0.05) is 19.6 Å². The maximum absolute atomic E-state index is 11.1. The SMILES string of the molecule is CC(C)(CN1CCOCC1)C(N)=O. The van der Waals surface area contributed by atoms with Crippen molar-refractivity contribution in [3.63, 3.8) is 0 Å². The lowest BCUT2D eigenvalue weighted by atomic mass is 9.92. The molecule has 1 heterocycles. The minimum atomic E-state index is -0.433. The van der Waals surface area contributed by atoms with Crippen LogP contribution in [0.25, 0.3) is 0 Å². The second-order valence-corrected chi connectivity index (χ2v) is 4.14. The van der Waals surface area contributed by atoms with Crippen LogP contribution in [0.1, 0.15) is 13.8 Å². The van der Waals surface area contributed by atoms with E-state index in [9.17, 15) is 4.79 Å². The predicted molar refractivity (Wildman–Crippen MR) is 50.2 cm³/mol. The highest BCUT2D eigenvalue weighted by Crippen LogP contribution is 2.16. The summed E-state index contributed by atoms with van der Waals surface area (Å²) in [5.74, 6) is -0.237. The van der Waals surface area contributed by atoms with Gasteiger partial charge in [0.1, 0.15) is 0 Å². The van der Waals surface area contributed by atoms with Crippen molar-refractivity contribution in [2.24, 2.45) is 11.1 Å². The minimum Gasteiger partial charge on any atom is -0.379 e. The number of nitrogens with two attached hydrogens (primary N) is 1. The van der Waals surface area contributed by atoms with Crippen LogP contribution >= 0.6 is 0 Å². The summed E-state index contributed by atoms with van der Waals surface area (Å²) in [5.41, 5.74) is 4.86. The summed E-state index contributed by atoms with van der Waals surface area (Å²) in [5, 5.41) is 0. The molecule has 1 aliphatic rings. The number of amides is 1. The van der Waals surface area contributed by atoms with E-state index >= 15 is 0 Å². The molecule has 13 heavy (non-hydrogen) atoms. The van der Waals surface area contributed by atoms with E-state index in [4.69, 9.17) is 10.5 Å². The highest BCUT2D eigenvalue weighted by Gasteiger charge is 2.28. The summed E-state index contributed by atoms with van der Waals surface area (Å²) in [7, 11) is 0. The Hall–Kier alpha value is -0.610. The van der Waals surface area contributed by atoms with E-state index in [1.807, 2.05) is 13.8 Å². The first-order chi connectivity index (χ1) is 6.02. The van der Waals surface area contributed by atoms with Gasteiger partial charge in [-0.3, -0.25) is 9.69 Å². The molecule has 0 aromatic carbocycles. The average molecular weight is 186 g/mol. The summed E-state index contributed by atoms with van der Waals surface area (Å²) in [6.45, 7) is 7.80. The van der Waals surface area contributed by atoms with E-state index in [-0.39, 0.29) is 5.91 Å². The Morgan fingerprint density at radius 2 is 2.00 bits per heavy atom. The third-order valence-electron chi connectivity index (χ3n) is 2.39. The lowest BCUT2D eigenvalue weighted by Crippen LogP contribution is -2.46. The van der Waals surface area contributed by atoms with Gasteiger partial charge in [-0.15, -0.1) is 0 Å². The zero-order valence-electron chi connectivity index (χ0n) is 8.38. The smallest absolute Gasteiger partial charge is 0.224 e. The standard InChI is InChI=1S/C9H18N2O2/c1-9(2,8(10)12)7-11-3-5-13-6-4-11/h3-7H2,1-2H3,(H2,10,12). The van der Waals surface area contributed by atoms with Gasteiger partial charge < -0.3 is 10.5 Å². The summed E-state index contributed by atoms with van der Waals surface area (Å²) in [6.07, 6.45) is 0. The molecule has 1 amide bonds. The quantitative estimate of drug-likeness (QED) is 0.666. The van der Waals surface area contributed by atoms with Gasteiger partial charge >= 0.3 is 0 Å². The molecule has 1 aliphatic heterocycles. The van der Waals surface area contributed by atoms with E-state index in [1.54, 1.807) is 0 Å². The Balaban J connectivity index is 2.41. The molecule has 1 rings (SSSR count). The van der Waals surface area contributed by atoms with Crippen LogP contribution in [0, 0.1) is 5.41 Å². The number of nitrogens with zero attached hydrogens (tertiary/aromatic N) is 1. The maximum Gasteiger partial charge on any atom is 0.224 e. The van der Waals surface area contributed by atoms with Gasteiger partial charge in [-0.25, -0.2) is 0 Å². The first-order valence-corrected chi connectivity index (χ1v) is 4.62. The van der Waals surface area contributed by atoms with Crippen LogP contribution in [0.4, 0.5) is 0 Å². The molecule has 0 unspecified atom stereocenters. The molecule has 2 N–H and O–H groups in total. The topological polar surface area (TPSA) is 55.6 Å². The maximum atomic E-state index is 11.1. The molecule has 1 saturated heterocycles. The molecule has 1 fully saturated rings. The molecular formula is C9H18N2O2. The van der Waals surface area contributed by atoms with Gasteiger partial charge in [0.05, 0.1) is 18.6 Å². The van der Waals surface area contributed by atoms with Crippen LogP contribution in [0.3, 0.4) is 0 Å². The van der Waals surface area contributed by atoms with Crippen LogP contribution in [0.2, 0.25) is 0 Å². The number of carbonyl (C=O) groups excluding carboxylic acids is 1. The van der Waals surface area contributed by atoms with Crippen molar-refractivity contribution in [3.05, 3.63) is 0 Å². The average Bonchev–Trinajstić information content (AvgIpc) is 2.05. The van der Waals surface area contributed by atoms with E-state index < -0.39 is 5.41 Å². The Labute approximate surface area is 79.0 Å². The van der Waals surface area contributed by atoms with Crippen molar-refractivity contribution in [1.82, 2.24) is 4.90 Å². The summed E-state index contributed by atoms with van der Waals surface area (Å²) >= 11 is 0. The van der Waals surface area contributed by atoms with Gasteiger partial charge in [0.25, 0.3) is 0 Å². The summed E-state index contributed by atoms with van der Waals surface area (Å²) in [4.78, 5) is 13.3. The number of rotatable bonds is 3. The summed E-state index contributed by atoms with van der Waals surface area (Å²) in [6, 6.07) is 0. The second kappa shape index (κ2) is 4.07. The van der Waals surface area contributed by atoms with Crippen molar-refractivity contribution in [2.45, 2.75) is 13.8 Å². The predicted octanol–water partition coefficient (Wildman–Crippen LogP) is -0.170. The van der Waals surface area contributed by atoms with Crippen molar-refractivity contribution >= 4 is 5.91 Å². The zero-order valence-corrected chi connectivity index (χ0v) is 8.38. The van der Waals surface area contributed by atoms with E-state index in [1.165, 1.54) is 0 Å². The number of hydrogen-bond donors (Lipinski definition) is 1. The Morgan fingerprint density at radius 1 is 1.46 bits per heavy atom. The van der Waals surface area contributed by atoms with Crippen LogP contribution in [-0.4, -0.2) is 43.7 Å². The number of ether oxygens (including phenoxy) is 1. The number of carbonyl (C=O) groups is 1. The summed E-state index contributed by atoms with van der Waals surface area (Å²) < 4.78 is 5.22. The lowest BCUT2D eigenvalue weighted by Gasteiger charge is -2.32. The van der Waals surface area contributed by atoms with Crippen molar-refractivity contribution in [2.75, 3.05) is 32.8 Å². The third-order valence-corrected chi connectivity index (χ3v) is 2.39. The third kappa shape index (κ3) is 2.97. The van der Waals surface area contributed by atoms with E-state index in [2.05, 4.69) is 4.90 Å². The van der Waals surface area contributed by atoms with Crippen LogP contribution in [0.15, 0.2) is 0 Å². The first kappa shape index (κ1) is 10.5. The van der Waals surface area contributed by atoms with Gasteiger partial charge in [0.15, 0.2) is 0 Å². The molecule has 0 aromatic heterocycles. The van der Waals surface area contributed by atoms with Crippen LogP contribution in [-0.2, 0) is 9.53 Å². The fourth-order valence-corrected chi connectivity index (χ4v) is 1.40. The molecule has 0 aliphatic carbocycles. The molecule has 0 bridgehead atoms. The molecule has 76 valence electrons. The lowest BCUT2D eigenvalue weighted by molar-refractivity contribution is -0.127. The number of morpholine rings is 1. The molecule has 0 radical (unpaired) electrons. The van der Waals surface area contributed by atoms with Gasteiger partial charge in [-0.2, -0.15) is 0 Å². The molecule has 0 saturated carbocycles. The molecule has 0 aromatic rings. The minimum absolute atomic E-state index is 0.237. The fraction of sp³-hybridized carbons (Fsp3) is 0.889. The molecule has 0 atom stereocenters. The Kier molecular flexibility index (Phi) is 3.27. The van der Waals surface area contributed by atoms with Gasteiger partial charge in [-0.05, 0) is 13.8 Å².